The van der Waals surface area contributed by atoms with E-state index in [4.69, 9.17) is 4.52 Å². The minimum Gasteiger partial charge on any atom is -0.388 e. The van der Waals surface area contributed by atoms with E-state index in [9.17, 15) is 13.5 Å². The Morgan fingerprint density at radius 1 is 1.27 bits per heavy atom. The average Bonchev–Trinajstić information content (AvgIpc) is 2.99. The van der Waals surface area contributed by atoms with Crippen LogP contribution in [0.5, 0.6) is 0 Å². The van der Waals surface area contributed by atoms with E-state index >= 15 is 0 Å². The lowest BCUT2D eigenvalue weighted by atomic mass is 9.95. The molecule has 0 unspecified atom stereocenters. The zero-order valence-electron chi connectivity index (χ0n) is 14.9. The Kier molecular flexibility index (Phi) is 5.76. The lowest BCUT2D eigenvalue weighted by Gasteiger charge is -2.26. The Hall–Kier alpha value is -1.74. The second-order valence-electron chi connectivity index (χ2n) is 6.99. The van der Waals surface area contributed by atoms with Crippen molar-refractivity contribution in [3.63, 3.8) is 0 Å². The van der Waals surface area contributed by atoms with Crippen LogP contribution < -0.4 is 4.72 Å². The Labute approximate surface area is 154 Å². The molecule has 1 saturated heterocycles. The first-order chi connectivity index (χ1) is 12.3. The maximum atomic E-state index is 11.3. The quantitative estimate of drug-likeness (QED) is 0.792. The minimum absolute atomic E-state index is 0.0557. The predicted octanol–water partition coefficient (Wildman–Crippen LogP) is 1.61. The molecule has 0 spiro atoms. The van der Waals surface area contributed by atoms with Crippen molar-refractivity contribution in [1.29, 1.82) is 0 Å². The van der Waals surface area contributed by atoms with Gasteiger partial charge in [0, 0.05) is 24.7 Å². The molecule has 142 valence electrons. The highest BCUT2D eigenvalue weighted by molar-refractivity contribution is 7.88. The normalized spacial score (nSPS) is 22.2. The highest BCUT2D eigenvalue weighted by Gasteiger charge is 2.31. The van der Waals surface area contributed by atoms with Crippen molar-refractivity contribution in [3.8, 4) is 11.3 Å². The molecule has 1 aromatic carbocycles. The zero-order chi connectivity index (χ0) is 18.6. The van der Waals surface area contributed by atoms with Crippen molar-refractivity contribution >= 4 is 10.0 Å². The van der Waals surface area contributed by atoms with Gasteiger partial charge in [0.25, 0.3) is 0 Å². The Bertz CT molecular complexity index is 822. The number of benzene rings is 1. The van der Waals surface area contributed by atoms with Gasteiger partial charge in [-0.25, -0.2) is 13.1 Å². The summed E-state index contributed by atoms with van der Waals surface area (Å²) in [6.45, 7) is 2.17. The molecular formula is C18H25N3O4S. The van der Waals surface area contributed by atoms with Crippen LogP contribution in [0.25, 0.3) is 11.3 Å². The molecule has 2 N–H and O–H groups in total. The van der Waals surface area contributed by atoms with Gasteiger partial charge >= 0.3 is 0 Å². The first-order valence-corrected chi connectivity index (χ1v) is 10.6. The van der Waals surface area contributed by atoms with E-state index < -0.39 is 15.6 Å². The Morgan fingerprint density at radius 3 is 2.77 bits per heavy atom. The summed E-state index contributed by atoms with van der Waals surface area (Å²) >= 11 is 0. The molecule has 0 saturated carbocycles. The standard InChI is InChI=1S/C18H25N3O4S/c1-26(23,24)19-14-18(22)8-5-10-21(11-9-18)13-16-12-17(20-25-16)15-6-3-2-4-7-15/h2-4,6-7,12,19,22H,5,8-11,13-14H2,1H3/t18-/m1/s1. The molecular weight excluding hydrogens is 354 g/mol. The van der Waals surface area contributed by atoms with Gasteiger partial charge < -0.3 is 9.63 Å². The van der Waals surface area contributed by atoms with Crippen molar-refractivity contribution < 1.29 is 18.0 Å². The van der Waals surface area contributed by atoms with E-state index in [0.29, 0.717) is 25.9 Å². The maximum Gasteiger partial charge on any atom is 0.208 e. The molecule has 2 heterocycles. The highest BCUT2D eigenvalue weighted by Crippen LogP contribution is 2.24. The van der Waals surface area contributed by atoms with Gasteiger partial charge in [0.05, 0.1) is 18.4 Å². The smallest absolute Gasteiger partial charge is 0.208 e. The molecule has 0 aliphatic carbocycles. The molecule has 26 heavy (non-hydrogen) atoms. The molecule has 0 amide bonds. The van der Waals surface area contributed by atoms with Crippen LogP contribution in [0, 0.1) is 0 Å². The van der Waals surface area contributed by atoms with Crippen LogP contribution in [0.2, 0.25) is 0 Å². The summed E-state index contributed by atoms with van der Waals surface area (Å²) in [6, 6.07) is 11.8. The number of hydrogen-bond acceptors (Lipinski definition) is 6. The number of nitrogens with zero attached hydrogens (tertiary/aromatic N) is 2. The lowest BCUT2D eigenvalue weighted by Crippen LogP contribution is -2.43. The molecule has 1 aliphatic rings. The van der Waals surface area contributed by atoms with Gasteiger partial charge in [0.15, 0.2) is 5.76 Å². The number of rotatable bonds is 6. The Morgan fingerprint density at radius 2 is 2.04 bits per heavy atom. The van der Waals surface area contributed by atoms with Gasteiger partial charge in [0.2, 0.25) is 10.0 Å². The topological polar surface area (TPSA) is 95.7 Å². The van der Waals surface area contributed by atoms with E-state index in [2.05, 4.69) is 14.8 Å². The first kappa shape index (κ1) is 19.0. The van der Waals surface area contributed by atoms with E-state index in [0.717, 1.165) is 36.2 Å². The number of hydrogen-bond donors (Lipinski definition) is 2. The summed E-state index contributed by atoms with van der Waals surface area (Å²) < 4.78 is 30.4. The van der Waals surface area contributed by atoms with Gasteiger partial charge in [-0.3, -0.25) is 4.90 Å². The number of aromatic nitrogens is 1. The van der Waals surface area contributed by atoms with Crippen molar-refractivity contribution in [2.75, 3.05) is 25.9 Å². The van der Waals surface area contributed by atoms with Gasteiger partial charge in [-0.2, -0.15) is 0 Å². The van der Waals surface area contributed by atoms with Crippen LogP contribution in [0.1, 0.15) is 25.0 Å². The van der Waals surface area contributed by atoms with Crippen LogP contribution in [0.4, 0.5) is 0 Å². The summed E-state index contributed by atoms with van der Waals surface area (Å²) in [5, 5.41) is 14.8. The third-order valence-electron chi connectivity index (χ3n) is 4.68. The number of likely N-dealkylation sites (tertiary alicyclic amines) is 1. The fraction of sp³-hybridized carbons (Fsp3) is 0.500. The molecule has 1 aromatic heterocycles. The van der Waals surface area contributed by atoms with E-state index in [1.54, 1.807) is 0 Å². The van der Waals surface area contributed by atoms with Crippen molar-refractivity contribution in [3.05, 3.63) is 42.2 Å². The van der Waals surface area contributed by atoms with E-state index in [-0.39, 0.29) is 6.54 Å². The second-order valence-corrected chi connectivity index (χ2v) is 8.82. The van der Waals surface area contributed by atoms with Crippen molar-refractivity contribution in [2.24, 2.45) is 0 Å². The second kappa shape index (κ2) is 7.87. The summed E-state index contributed by atoms with van der Waals surface area (Å²) in [7, 11) is -3.31. The molecule has 8 heteroatoms. The SMILES string of the molecule is CS(=O)(=O)NC[C@@]1(O)CCCN(Cc2cc(-c3ccccc3)no2)CC1. The number of sulfonamides is 1. The molecule has 7 nitrogen and oxygen atoms in total. The van der Waals surface area contributed by atoms with Gasteiger partial charge in [-0.05, 0) is 25.8 Å². The van der Waals surface area contributed by atoms with Crippen molar-refractivity contribution in [2.45, 2.75) is 31.4 Å². The summed E-state index contributed by atoms with van der Waals surface area (Å²) in [5.74, 6) is 0.781. The van der Waals surface area contributed by atoms with Crippen LogP contribution >= 0.6 is 0 Å². The maximum absolute atomic E-state index is 11.3. The van der Waals surface area contributed by atoms with Gasteiger partial charge in [0.1, 0.15) is 5.69 Å². The summed E-state index contributed by atoms with van der Waals surface area (Å²) in [4.78, 5) is 2.20. The fourth-order valence-electron chi connectivity index (χ4n) is 3.19. The molecule has 0 radical (unpaired) electrons. The highest BCUT2D eigenvalue weighted by atomic mass is 32.2. The third-order valence-corrected chi connectivity index (χ3v) is 5.35. The fourth-order valence-corrected chi connectivity index (χ4v) is 3.72. The Balaban J connectivity index is 1.57. The van der Waals surface area contributed by atoms with E-state index in [1.807, 2.05) is 36.4 Å². The molecule has 1 fully saturated rings. The predicted molar refractivity (Wildman–Crippen MR) is 98.9 cm³/mol. The summed E-state index contributed by atoms with van der Waals surface area (Å²) in [5.41, 5.74) is 0.818. The zero-order valence-corrected chi connectivity index (χ0v) is 15.7. The van der Waals surface area contributed by atoms with Crippen LogP contribution in [-0.2, 0) is 16.6 Å². The molecule has 1 atom stereocenters. The molecule has 2 aromatic rings. The molecule has 0 bridgehead atoms. The third kappa shape index (κ3) is 5.38. The first-order valence-electron chi connectivity index (χ1n) is 8.73. The monoisotopic (exact) mass is 379 g/mol. The van der Waals surface area contributed by atoms with Gasteiger partial charge in [-0.1, -0.05) is 35.5 Å². The van der Waals surface area contributed by atoms with Crippen LogP contribution in [0.15, 0.2) is 40.9 Å². The molecule has 1 aliphatic heterocycles. The average molecular weight is 379 g/mol. The van der Waals surface area contributed by atoms with Crippen molar-refractivity contribution in [1.82, 2.24) is 14.8 Å². The number of nitrogens with one attached hydrogen (secondary N) is 1. The molecule has 3 rings (SSSR count). The largest absolute Gasteiger partial charge is 0.388 e. The van der Waals surface area contributed by atoms with Crippen LogP contribution in [0.3, 0.4) is 0 Å². The van der Waals surface area contributed by atoms with Gasteiger partial charge in [-0.15, -0.1) is 0 Å². The lowest BCUT2D eigenvalue weighted by molar-refractivity contribution is 0.0303. The van der Waals surface area contributed by atoms with Crippen LogP contribution in [-0.4, -0.2) is 55.1 Å². The summed E-state index contributed by atoms with van der Waals surface area (Å²) in [6.07, 6.45) is 2.97. The number of aliphatic hydroxyl groups is 1. The minimum atomic E-state index is -3.31. The van der Waals surface area contributed by atoms with E-state index in [1.165, 1.54) is 0 Å².